The lowest BCUT2D eigenvalue weighted by atomic mass is 9.90. The van der Waals surface area contributed by atoms with E-state index in [1.54, 1.807) is 6.07 Å². The second kappa shape index (κ2) is 6.22. The molecule has 0 unspecified atom stereocenters. The van der Waals surface area contributed by atoms with Crippen molar-refractivity contribution in [2.75, 3.05) is 6.61 Å². The second-order valence-electron chi connectivity index (χ2n) is 4.60. The van der Waals surface area contributed by atoms with E-state index in [1.807, 2.05) is 6.07 Å². The Hall–Kier alpha value is -0.800. The average Bonchev–Trinajstić information content (AvgIpc) is 2.39. The second-order valence-corrected chi connectivity index (χ2v) is 5.00. The highest BCUT2D eigenvalue weighted by Gasteiger charge is 2.14. The fraction of sp³-hybridized carbons (Fsp3) is 0.615. The van der Waals surface area contributed by atoms with Crippen LogP contribution in [0.5, 0.6) is 5.88 Å². The van der Waals surface area contributed by atoms with Gasteiger partial charge in [-0.15, -0.1) is 0 Å². The molecule has 1 aromatic heterocycles. The molecule has 1 heterocycles. The summed E-state index contributed by atoms with van der Waals surface area (Å²) in [4.78, 5) is 4.30. The van der Waals surface area contributed by atoms with Crippen molar-refractivity contribution in [3.8, 4) is 5.88 Å². The van der Waals surface area contributed by atoms with Crippen LogP contribution in [0, 0.1) is 5.92 Å². The fourth-order valence-electron chi connectivity index (χ4n) is 2.24. The molecule has 17 heavy (non-hydrogen) atoms. The maximum absolute atomic E-state index is 5.95. The zero-order chi connectivity index (χ0) is 12.1. The van der Waals surface area contributed by atoms with E-state index >= 15 is 0 Å². The molecule has 4 heteroatoms. The molecule has 2 rings (SSSR count). The molecule has 0 aromatic carbocycles. The third kappa shape index (κ3) is 3.58. The number of pyridine rings is 1. The number of nitrogens with two attached hydrogens (primary N) is 1. The number of hydrogen-bond acceptors (Lipinski definition) is 3. The standard InChI is InChI=1S/C13H19ClN2O/c14-11-6-7-13(16-12(11)8-15)17-9-10-4-2-1-3-5-10/h6-7,10H,1-5,8-9,15H2. The Bertz CT molecular complexity index is 364. The highest BCUT2D eigenvalue weighted by molar-refractivity contribution is 6.31. The fourth-order valence-corrected chi connectivity index (χ4v) is 2.43. The van der Waals surface area contributed by atoms with E-state index in [1.165, 1.54) is 32.1 Å². The molecule has 0 atom stereocenters. The SMILES string of the molecule is NCc1nc(OCC2CCCCC2)ccc1Cl. The van der Waals surface area contributed by atoms with E-state index in [0.717, 1.165) is 6.61 Å². The Morgan fingerprint density at radius 3 is 2.76 bits per heavy atom. The van der Waals surface area contributed by atoms with Crippen LogP contribution >= 0.6 is 11.6 Å². The summed E-state index contributed by atoms with van der Waals surface area (Å²) in [5.74, 6) is 1.32. The normalized spacial score (nSPS) is 17.1. The molecule has 1 aliphatic carbocycles. The van der Waals surface area contributed by atoms with Gasteiger partial charge in [0.15, 0.2) is 0 Å². The monoisotopic (exact) mass is 254 g/mol. The molecule has 2 N–H and O–H groups in total. The molecule has 0 radical (unpaired) electrons. The molecule has 1 aromatic rings. The largest absolute Gasteiger partial charge is 0.477 e. The number of rotatable bonds is 4. The van der Waals surface area contributed by atoms with Crippen LogP contribution in [0.2, 0.25) is 5.02 Å². The summed E-state index contributed by atoms with van der Waals surface area (Å²) in [7, 11) is 0. The molecule has 0 amide bonds. The van der Waals surface area contributed by atoms with Gasteiger partial charge in [-0.1, -0.05) is 30.9 Å². The minimum atomic E-state index is 0.347. The van der Waals surface area contributed by atoms with Crippen molar-refractivity contribution in [1.82, 2.24) is 4.98 Å². The van der Waals surface area contributed by atoms with Crippen LogP contribution in [0.15, 0.2) is 12.1 Å². The van der Waals surface area contributed by atoms with Gasteiger partial charge in [-0.2, -0.15) is 0 Å². The lowest BCUT2D eigenvalue weighted by molar-refractivity contribution is 0.202. The first kappa shape index (κ1) is 12.7. The first-order valence-corrected chi connectivity index (χ1v) is 6.65. The summed E-state index contributed by atoms with van der Waals surface area (Å²) in [6.07, 6.45) is 6.58. The van der Waals surface area contributed by atoms with Gasteiger partial charge in [-0.3, -0.25) is 0 Å². The van der Waals surface area contributed by atoms with Crippen molar-refractivity contribution in [1.29, 1.82) is 0 Å². The lowest BCUT2D eigenvalue weighted by Gasteiger charge is -2.21. The highest BCUT2D eigenvalue weighted by atomic mass is 35.5. The van der Waals surface area contributed by atoms with Gasteiger partial charge >= 0.3 is 0 Å². The van der Waals surface area contributed by atoms with Crippen LogP contribution in [0.3, 0.4) is 0 Å². The van der Waals surface area contributed by atoms with E-state index in [4.69, 9.17) is 22.1 Å². The molecule has 1 aliphatic rings. The molecule has 94 valence electrons. The quantitative estimate of drug-likeness (QED) is 0.898. The summed E-state index contributed by atoms with van der Waals surface area (Å²) in [5.41, 5.74) is 6.26. The number of ether oxygens (including phenoxy) is 1. The van der Waals surface area contributed by atoms with Gasteiger partial charge in [0.25, 0.3) is 0 Å². The Morgan fingerprint density at radius 1 is 1.29 bits per heavy atom. The molecule has 0 spiro atoms. The van der Waals surface area contributed by atoms with Gasteiger partial charge in [0.1, 0.15) is 0 Å². The van der Waals surface area contributed by atoms with Crippen molar-refractivity contribution in [2.45, 2.75) is 38.6 Å². The topological polar surface area (TPSA) is 48.1 Å². The van der Waals surface area contributed by atoms with Gasteiger partial charge in [0.2, 0.25) is 5.88 Å². The Labute approximate surface area is 107 Å². The predicted octanol–water partition coefficient (Wildman–Crippen LogP) is 3.15. The average molecular weight is 255 g/mol. The van der Waals surface area contributed by atoms with Crippen LogP contribution in [-0.2, 0) is 6.54 Å². The zero-order valence-corrected chi connectivity index (χ0v) is 10.7. The van der Waals surface area contributed by atoms with Gasteiger partial charge in [0, 0.05) is 12.6 Å². The summed E-state index contributed by atoms with van der Waals surface area (Å²) < 4.78 is 5.72. The smallest absolute Gasteiger partial charge is 0.213 e. The number of hydrogen-bond donors (Lipinski definition) is 1. The van der Waals surface area contributed by atoms with Gasteiger partial charge in [0.05, 0.1) is 17.3 Å². The van der Waals surface area contributed by atoms with E-state index in [2.05, 4.69) is 4.98 Å². The molecule has 0 saturated heterocycles. The highest BCUT2D eigenvalue weighted by Crippen LogP contribution is 2.25. The first-order chi connectivity index (χ1) is 8.29. The molecule has 0 bridgehead atoms. The van der Waals surface area contributed by atoms with E-state index in [0.29, 0.717) is 29.1 Å². The van der Waals surface area contributed by atoms with Crippen LogP contribution in [0.25, 0.3) is 0 Å². The van der Waals surface area contributed by atoms with Crippen molar-refractivity contribution < 1.29 is 4.74 Å². The van der Waals surface area contributed by atoms with Gasteiger partial charge in [-0.25, -0.2) is 4.98 Å². The van der Waals surface area contributed by atoms with Gasteiger partial charge in [-0.05, 0) is 24.8 Å². The van der Waals surface area contributed by atoms with Crippen LogP contribution in [-0.4, -0.2) is 11.6 Å². The number of halogens is 1. The first-order valence-electron chi connectivity index (χ1n) is 6.28. The maximum Gasteiger partial charge on any atom is 0.213 e. The number of aromatic nitrogens is 1. The van der Waals surface area contributed by atoms with Crippen LogP contribution < -0.4 is 10.5 Å². The summed E-state index contributed by atoms with van der Waals surface area (Å²) in [6, 6.07) is 3.61. The molecular formula is C13H19ClN2O. The summed E-state index contributed by atoms with van der Waals surface area (Å²) in [5, 5.41) is 0.609. The Morgan fingerprint density at radius 2 is 2.06 bits per heavy atom. The molecule has 1 saturated carbocycles. The van der Waals surface area contributed by atoms with Crippen LogP contribution in [0.4, 0.5) is 0 Å². The van der Waals surface area contributed by atoms with Crippen molar-refractivity contribution in [2.24, 2.45) is 11.7 Å². The van der Waals surface area contributed by atoms with E-state index in [9.17, 15) is 0 Å². The molecule has 3 nitrogen and oxygen atoms in total. The summed E-state index contributed by atoms with van der Waals surface area (Å²) in [6.45, 7) is 1.11. The number of nitrogens with zero attached hydrogens (tertiary/aromatic N) is 1. The minimum Gasteiger partial charge on any atom is -0.477 e. The third-order valence-corrected chi connectivity index (χ3v) is 3.62. The van der Waals surface area contributed by atoms with Crippen LogP contribution in [0.1, 0.15) is 37.8 Å². The molecule has 1 fully saturated rings. The lowest BCUT2D eigenvalue weighted by Crippen LogP contribution is -2.16. The Kier molecular flexibility index (Phi) is 4.63. The van der Waals surface area contributed by atoms with Crippen molar-refractivity contribution in [3.05, 3.63) is 22.8 Å². The Balaban J connectivity index is 1.89. The van der Waals surface area contributed by atoms with Gasteiger partial charge < -0.3 is 10.5 Å². The summed E-state index contributed by atoms with van der Waals surface area (Å²) >= 11 is 5.95. The minimum absolute atomic E-state index is 0.347. The van der Waals surface area contributed by atoms with Crippen molar-refractivity contribution >= 4 is 11.6 Å². The predicted molar refractivity (Wildman–Crippen MR) is 69.2 cm³/mol. The van der Waals surface area contributed by atoms with E-state index < -0.39 is 0 Å². The molecule has 0 aliphatic heterocycles. The van der Waals surface area contributed by atoms with E-state index in [-0.39, 0.29) is 0 Å². The zero-order valence-electron chi connectivity index (χ0n) is 9.99. The third-order valence-electron chi connectivity index (χ3n) is 3.28. The maximum atomic E-state index is 5.95. The molecular weight excluding hydrogens is 236 g/mol. The van der Waals surface area contributed by atoms with Crippen molar-refractivity contribution in [3.63, 3.8) is 0 Å².